The van der Waals surface area contributed by atoms with E-state index in [0.29, 0.717) is 17.1 Å². The first-order chi connectivity index (χ1) is 9.61. The second-order valence-corrected chi connectivity index (χ2v) is 4.97. The van der Waals surface area contributed by atoms with Gasteiger partial charge in [-0.3, -0.25) is 0 Å². The number of hydrogen-bond acceptors (Lipinski definition) is 3. The van der Waals surface area contributed by atoms with E-state index in [0.717, 1.165) is 16.8 Å². The van der Waals surface area contributed by atoms with Gasteiger partial charge in [0.05, 0.1) is 28.4 Å². The second kappa shape index (κ2) is 6.42. The number of nitrogens with one attached hydrogen (secondary N) is 1. The first-order valence-corrected chi connectivity index (χ1v) is 6.66. The Hall–Kier alpha value is -2.02. The zero-order chi connectivity index (χ0) is 14.5. The van der Waals surface area contributed by atoms with Gasteiger partial charge in [-0.2, -0.15) is 5.26 Å². The third kappa shape index (κ3) is 3.30. The van der Waals surface area contributed by atoms with Gasteiger partial charge in [-0.25, -0.2) is 0 Å². The lowest BCUT2D eigenvalue weighted by Gasteiger charge is -2.15. The zero-order valence-electron chi connectivity index (χ0n) is 11.1. The highest BCUT2D eigenvalue weighted by atomic mass is 35.5. The number of hydrogen-bond donors (Lipinski definition) is 2. The van der Waals surface area contributed by atoms with Gasteiger partial charge in [-0.15, -0.1) is 0 Å². The molecule has 0 aliphatic carbocycles. The first kappa shape index (κ1) is 14.4. The standard InChI is InChI=1S/C16H15ClN2O/c1-11-3-2-4-14(17)16(11)19-10-15(20)13-7-5-12(9-18)6-8-13/h2-8,15,19-20H,10H2,1H3. The molecule has 0 spiro atoms. The van der Waals surface area contributed by atoms with E-state index < -0.39 is 6.10 Å². The number of benzene rings is 2. The number of nitrogens with zero attached hydrogens (tertiary/aromatic N) is 1. The number of aliphatic hydroxyl groups is 1. The molecular weight excluding hydrogens is 272 g/mol. The van der Waals surface area contributed by atoms with Crippen LogP contribution in [0.4, 0.5) is 5.69 Å². The Morgan fingerprint density at radius 2 is 1.95 bits per heavy atom. The van der Waals surface area contributed by atoms with Gasteiger partial charge in [0, 0.05) is 6.54 Å². The van der Waals surface area contributed by atoms with Crippen LogP contribution in [0.2, 0.25) is 5.02 Å². The summed E-state index contributed by atoms with van der Waals surface area (Å²) in [5.41, 5.74) is 3.21. The molecule has 1 atom stereocenters. The highest BCUT2D eigenvalue weighted by Gasteiger charge is 2.09. The second-order valence-electron chi connectivity index (χ2n) is 4.56. The minimum absolute atomic E-state index is 0.358. The smallest absolute Gasteiger partial charge is 0.0991 e. The van der Waals surface area contributed by atoms with Crippen LogP contribution in [-0.4, -0.2) is 11.7 Å². The van der Waals surface area contributed by atoms with E-state index in [1.807, 2.05) is 25.1 Å². The average molecular weight is 287 g/mol. The van der Waals surface area contributed by atoms with Crippen LogP contribution >= 0.6 is 11.6 Å². The number of aliphatic hydroxyl groups excluding tert-OH is 1. The maximum Gasteiger partial charge on any atom is 0.0991 e. The maximum absolute atomic E-state index is 10.1. The number of aryl methyl sites for hydroxylation is 1. The molecular formula is C16H15ClN2O. The van der Waals surface area contributed by atoms with Crippen LogP contribution in [-0.2, 0) is 0 Å². The molecule has 2 N–H and O–H groups in total. The van der Waals surface area contributed by atoms with E-state index in [4.69, 9.17) is 16.9 Å². The third-order valence-corrected chi connectivity index (χ3v) is 3.43. The van der Waals surface area contributed by atoms with Crippen LogP contribution in [0.3, 0.4) is 0 Å². The molecule has 0 amide bonds. The molecule has 102 valence electrons. The molecule has 2 aromatic carbocycles. The fourth-order valence-corrected chi connectivity index (χ4v) is 2.24. The number of nitriles is 1. The van der Waals surface area contributed by atoms with Crippen LogP contribution in [0.5, 0.6) is 0 Å². The molecule has 0 heterocycles. The summed E-state index contributed by atoms with van der Waals surface area (Å²) >= 11 is 6.12. The molecule has 0 fully saturated rings. The van der Waals surface area contributed by atoms with Crippen LogP contribution in [0.15, 0.2) is 42.5 Å². The maximum atomic E-state index is 10.1. The lowest BCUT2D eigenvalue weighted by atomic mass is 10.1. The lowest BCUT2D eigenvalue weighted by molar-refractivity contribution is 0.191. The fraction of sp³-hybridized carbons (Fsp3) is 0.188. The van der Waals surface area contributed by atoms with Gasteiger partial charge in [0.25, 0.3) is 0 Å². The Morgan fingerprint density at radius 1 is 1.25 bits per heavy atom. The minimum Gasteiger partial charge on any atom is -0.387 e. The van der Waals surface area contributed by atoms with Crippen LogP contribution in [0, 0.1) is 18.3 Å². The largest absolute Gasteiger partial charge is 0.387 e. The molecule has 0 saturated heterocycles. The number of anilines is 1. The minimum atomic E-state index is -0.654. The van der Waals surface area contributed by atoms with Crippen LogP contribution < -0.4 is 5.32 Å². The average Bonchev–Trinajstić information content (AvgIpc) is 2.46. The highest BCUT2D eigenvalue weighted by molar-refractivity contribution is 6.33. The summed E-state index contributed by atoms with van der Waals surface area (Å²) in [6.07, 6.45) is -0.654. The first-order valence-electron chi connectivity index (χ1n) is 6.29. The number of para-hydroxylation sites is 1. The molecule has 4 heteroatoms. The molecule has 0 bridgehead atoms. The summed E-state index contributed by atoms with van der Waals surface area (Å²) in [7, 11) is 0. The predicted octanol–water partition coefficient (Wildman–Crippen LogP) is 3.67. The van der Waals surface area contributed by atoms with Crippen LogP contribution in [0.25, 0.3) is 0 Å². The van der Waals surface area contributed by atoms with Crippen molar-refractivity contribution in [3.05, 3.63) is 64.2 Å². The Bertz CT molecular complexity index is 612. The topological polar surface area (TPSA) is 56.0 Å². The van der Waals surface area contributed by atoms with Gasteiger partial charge < -0.3 is 10.4 Å². The van der Waals surface area contributed by atoms with Gasteiger partial charge in [0.1, 0.15) is 0 Å². The molecule has 1 unspecified atom stereocenters. The monoisotopic (exact) mass is 286 g/mol. The SMILES string of the molecule is Cc1cccc(Cl)c1NCC(O)c1ccc(C#N)cc1. The molecule has 0 aliphatic heterocycles. The fourth-order valence-electron chi connectivity index (χ4n) is 1.95. The molecule has 2 rings (SSSR count). The van der Waals surface area contributed by atoms with Crippen molar-refractivity contribution in [2.75, 3.05) is 11.9 Å². The Morgan fingerprint density at radius 3 is 2.55 bits per heavy atom. The lowest BCUT2D eigenvalue weighted by Crippen LogP contribution is -2.13. The van der Waals surface area contributed by atoms with Gasteiger partial charge in [-0.1, -0.05) is 35.9 Å². The van der Waals surface area contributed by atoms with Crippen molar-refractivity contribution in [1.82, 2.24) is 0 Å². The molecule has 0 saturated carbocycles. The van der Waals surface area contributed by atoms with E-state index in [1.54, 1.807) is 24.3 Å². The Labute approximate surface area is 123 Å². The van der Waals surface area contributed by atoms with Crippen molar-refractivity contribution in [3.8, 4) is 6.07 Å². The van der Waals surface area contributed by atoms with Crippen molar-refractivity contribution in [1.29, 1.82) is 5.26 Å². The van der Waals surface area contributed by atoms with Crippen molar-refractivity contribution in [2.24, 2.45) is 0 Å². The van der Waals surface area contributed by atoms with Crippen molar-refractivity contribution in [2.45, 2.75) is 13.0 Å². The molecule has 20 heavy (non-hydrogen) atoms. The number of rotatable bonds is 4. The van der Waals surface area contributed by atoms with E-state index in [9.17, 15) is 5.11 Å². The third-order valence-electron chi connectivity index (χ3n) is 3.12. The quantitative estimate of drug-likeness (QED) is 0.902. The normalized spacial score (nSPS) is 11.7. The summed E-state index contributed by atoms with van der Waals surface area (Å²) in [4.78, 5) is 0. The summed E-state index contributed by atoms with van der Waals surface area (Å²) in [6, 6.07) is 14.6. The summed E-state index contributed by atoms with van der Waals surface area (Å²) in [5.74, 6) is 0. The van der Waals surface area contributed by atoms with E-state index in [2.05, 4.69) is 11.4 Å². The summed E-state index contributed by atoms with van der Waals surface area (Å²) in [5, 5.41) is 22.7. The molecule has 3 nitrogen and oxygen atoms in total. The molecule has 2 aromatic rings. The Balaban J connectivity index is 2.05. The van der Waals surface area contributed by atoms with E-state index >= 15 is 0 Å². The predicted molar refractivity (Wildman–Crippen MR) is 80.8 cm³/mol. The highest BCUT2D eigenvalue weighted by Crippen LogP contribution is 2.26. The van der Waals surface area contributed by atoms with Crippen LogP contribution in [0.1, 0.15) is 22.8 Å². The van der Waals surface area contributed by atoms with Gasteiger partial charge in [0.15, 0.2) is 0 Å². The van der Waals surface area contributed by atoms with E-state index in [-0.39, 0.29) is 0 Å². The molecule has 0 aliphatic rings. The molecule has 0 radical (unpaired) electrons. The number of halogens is 1. The molecule has 0 aromatic heterocycles. The zero-order valence-corrected chi connectivity index (χ0v) is 11.9. The summed E-state index contributed by atoms with van der Waals surface area (Å²) in [6.45, 7) is 2.32. The van der Waals surface area contributed by atoms with Crippen molar-refractivity contribution in [3.63, 3.8) is 0 Å². The van der Waals surface area contributed by atoms with Crippen molar-refractivity contribution >= 4 is 17.3 Å². The van der Waals surface area contributed by atoms with Gasteiger partial charge in [0.2, 0.25) is 0 Å². The van der Waals surface area contributed by atoms with E-state index in [1.165, 1.54) is 0 Å². The van der Waals surface area contributed by atoms with Gasteiger partial charge >= 0.3 is 0 Å². The Kier molecular flexibility index (Phi) is 4.62. The van der Waals surface area contributed by atoms with Gasteiger partial charge in [-0.05, 0) is 36.2 Å². The van der Waals surface area contributed by atoms with Crippen molar-refractivity contribution < 1.29 is 5.11 Å². The summed E-state index contributed by atoms with van der Waals surface area (Å²) < 4.78 is 0.